The third kappa shape index (κ3) is 9.52. The van der Waals surface area contributed by atoms with Crippen molar-refractivity contribution in [1.29, 1.82) is 5.53 Å². The molecule has 11 nitrogen and oxygen atoms in total. The van der Waals surface area contributed by atoms with Gasteiger partial charge in [-0.3, -0.25) is 4.90 Å². The highest BCUT2D eigenvalue weighted by Gasteiger charge is 2.21. The zero-order chi connectivity index (χ0) is 32.8. The largest absolute Gasteiger partial charge is 0.389 e. The van der Waals surface area contributed by atoms with Gasteiger partial charge in [-0.05, 0) is 75.5 Å². The van der Waals surface area contributed by atoms with Crippen molar-refractivity contribution in [2.24, 2.45) is 5.11 Å². The predicted octanol–water partition coefficient (Wildman–Crippen LogP) is 5.64. The van der Waals surface area contributed by atoms with Gasteiger partial charge in [0.2, 0.25) is 5.95 Å². The molecular formula is C37H53N11. The number of rotatable bonds is 18. The fraction of sp³-hybridized carbons (Fsp3) is 0.514. The molecule has 0 atom stereocenters. The maximum atomic E-state index is 7.69. The minimum absolute atomic E-state index is 0.377. The SMILES string of the molecule is N=N/C(=C\NCCCNCCCNC1CCCCC1)CNc1nc(N2CCN(CCc3c[nH]c4ccccc34)CC2)c2ccccc2n1. The van der Waals surface area contributed by atoms with Crippen LogP contribution in [0.1, 0.15) is 50.5 Å². The van der Waals surface area contributed by atoms with Crippen LogP contribution in [0.5, 0.6) is 0 Å². The molecule has 2 aromatic carbocycles. The first kappa shape index (κ1) is 33.8. The monoisotopic (exact) mass is 651 g/mol. The number of fused-ring (bicyclic) bond motifs is 2. The number of benzene rings is 2. The van der Waals surface area contributed by atoms with E-state index in [0.29, 0.717) is 18.2 Å². The molecular weight excluding hydrogens is 598 g/mol. The zero-order valence-electron chi connectivity index (χ0n) is 28.3. The molecule has 0 unspecified atom stereocenters. The third-order valence-electron chi connectivity index (χ3n) is 9.71. The smallest absolute Gasteiger partial charge is 0.225 e. The van der Waals surface area contributed by atoms with Gasteiger partial charge in [-0.1, -0.05) is 49.6 Å². The third-order valence-corrected chi connectivity index (χ3v) is 9.71. The van der Waals surface area contributed by atoms with Crippen LogP contribution < -0.4 is 26.2 Å². The van der Waals surface area contributed by atoms with E-state index in [9.17, 15) is 0 Å². The fourth-order valence-electron chi connectivity index (χ4n) is 6.93. The van der Waals surface area contributed by atoms with Gasteiger partial charge in [0.05, 0.1) is 17.8 Å². The first-order valence-electron chi connectivity index (χ1n) is 18.0. The van der Waals surface area contributed by atoms with E-state index < -0.39 is 0 Å². The quantitative estimate of drug-likeness (QED) is 0.0602. The zero-order valence-corrected chi connectivity index (χ0v) is 28.3. The summed E-state index contributed by atoms with van der Waals surface area (Å²) < 4.78 is 0. The Bertz CT molecular complexity index is 1600. The molecule has 0 amide bonds. The van der Waals surface area contributed by atoms with Gasteiger partial charge in [-0.25, -0.2) is 10.5 Å². The van der Waals surface area contributed by atoms with E-state index in [4.69, 9.17) is 15.5 Å². The summed E-state index contributed by atoms with van der Waals surface area (Å²) in [6.07, 6.45) is 14.1. The summed E-state index contributed by atoms with van der Waals surface area (Å²) in [5.41, 5.74) is 11.8. The Morgan fingerprint density at radius 1 is 0.896 bits per heavy atom. The summed E-state index contributed by atoms with van der Waals surface area (Å²) >= 11 is 0. The first-order chi connectivity index (χ1) is 23.8. The molecule has 6 rings (SSSR count). The summed E-state index contributed by atoms with van der Waals surface area (Å²) in [6.45, 7) is 9.19. The van der Waals surface area contributed by atoms with Crippen molar-refractivity contribution in [3.63, 3.8) is 0 Å². The lowest BCUT2D eigenvalue weighted by Gasteiger charge is -2.36. The van der Waals surface area contributed by atoms with Crippen LogP contribution >= 0.6 is 0 Å². The second-order valence-electron chi connectivity index (χ2n) is 13.1. The maximum absolute atomic E-state index is 7.69. The molecule has 1 saturated heterocycles. The van der Waals surface area contributed by atoms with Gasteiger partial charge in [0.15, 0.2) is 0 Å². The molecule has 11 heteroatoms. The van der Waals surface area contributed by atoms with Crippen molar-refractivity contribution in [3.05, 3.63) is 72.2 Å². The van der Waals surface area contributed by atoms with Gasteiger partial charge in [0.25, 0.3) is 0 Å². The van der Waals surface area contributed by atoms with E-state index in [1.54, 1.807) is 0 Å². The summed E-state index contributed by atoms with van der Waals surface area (Å²) in [5.74, 6) is 1.52. The molecule has 2 aliphatic rings. The molecule has 0 radical (unpaired) electrons. The highest BCUT2D eigenvalue weighted by Crippen LogP contribution is 2.27. The Balaban J connectivity index is 0.931. The lowest BCUT2D eigenvalue weighted by Crippen LogP contribution is -2.47. The molecule has 1 aliphatic carbocycles. The van der Waals surface area contributed by atoms with Crippen LogP contribution in [0, 0.1) is 5.53 Å². The topological polar surface area (TPSA) is 132 Å². The molecule has 1 saturated carbocycles. The van der Waals surface area contributed by atoms with Gasteiger partial charge < -0.3 is 31.2 Å². The molecule has 3 heterocycles. The number of anilines is 2. The van der Waals surface area contributed by atoms with Crippen LogP contribution in [0.25, 0.3) is 21.8 Å². The molecule has 1 aliphatic heterocycles. The van der Waals surface area contributed by atoms with E-state index in [2.05, 4.69) is 83.8 Å². The minimum atomic E-state index is 0.377. The molecule has 2 aromatic heterocycles. The number of para-hydroxylation sites is 2. The average Bonchev–Trinajstić information content (AvgIpc) is 3.56. The van der Waals surface area contributed by atoms with E-state index in [1.165, 1.54) is 55.0 Å². The highest BCUT2D eigenvalue weighted by atomic mass is 15.3. The number of piperazine rings is 1. The molecule has 2 fully saturated rings. The average molecular weight is 652 g/mol. The highest BCUT2D eigenvalue weighted by molar-refractivity contribution is 5.90. The Labute approximate surface area is 284 Å². The lowest BCUT2D eigenvalue weighted by atomic mass is 9.95. The number of aromatic amines is 1. The van der Waals surface area contributed by atoms with E-state index in [0.717, 1.165) is 94.5 Å². The fourth-order valence-corrected chi connectivity index (χ4v) is 6.93. The van der Waals surface area contributed by atoms with Crippen LogP contribution in [0.15, 0.2) is 71.7 Å². The van der Waals surface area contributed by atoms with E-state index in [1.807, 2.05) is 18.3 Å². The first-order valence-corrected chi connectivity index (χ1v) is 18.0. The van der Waals surface area contributed by atoms with Gasteiger partial charge in [-0.2, -0.15) is 10.1 Å². The van der Waals surface area contributed by atoms with Crippen molar-refractivity contribution in [1.82, 2.24) is 35.8 Å². The number of hydrogen-bond donors (Lipinski definition) is 6. The van der Waals surface area contributed by atoms with E-state index >= 15 is 0 Å². The van der Waals surface area contributed by atoms with Crippen molar-refractivity contribution >= 4 is 33.6 Å². The van der Waals surface area contributed by atoms with Crippen molar-refractivity contribution in [2.45, 2.75) is 57.4 Å². The molecule has 256 valence electrons. The maximum Gasteiger partial charge on any atom is 0.225 e. The Hall–Kier alpha value is -4.06. The molecule has 0 spiro atoms. The van der Waals surface area contributed by atoms with Crippen molar-refractivity contribution < 1.29 is 0 Å². The number of hydrogen-bond acceptors (Lipinski definition) is 10. The molecule has 4 aromatic rings. The van der Waals surface area contributed by atoms with Crippen LogP contribution in [-0.4, -0.2) is 91.3 Å². The summed E-state index contributed by atoms with van der Waals surface area (Å²) in [7, 11) is 0. The van der Waals surface area contributed by atoms with E-state index in [-0.39, 0.29) is 0 Å². The van der Waals surface area contributed by atoms with Gasteiger partial charge in [-0.15, -0.1) is 0 Å². The van der Waals surface area contributed by atoms with Crippen LogP contribution in [0.4, 0.5) is 11.8 Å². The molecule has 0 bridgehead atoms. The number of H-pyrrole nitrogens is 1. The summed E-state index contributed by atoms with van der Waals surface area (Å²) in [6, 6.07) is 17.5. The number of nitrogens with one attached hydrogen (secondary N) is 6. The predicted molar refractivity (Wildman–Crippen MR) is 197 cm³/mol. The standard InChI is InChI=1S/C37H53N11/c38-46-31(27-40-19-8-17-39-18-9-20-41-30-10-2-1-3-11-30)28-43-37-44-35-15-7-5-13-33(35)36(45-37)48-24-22-47(23-25-48)21-16-29-26-42-34-14-6-4-12-32(29)34/h4-7,12-15,26-27,30,38-42H,1-3,8-11,16-25,28H2,(H,43,44,45)/b31-27-,46-38?. The minimum Gasteiger partial charge on any atom is -0.389 e. The Morgan fingerprint density at radius 3 is 2.50 bits per heavy atom. The second-order valence-corrected chi connectivity index (χ2v) is 13.1. The Kier molecular flexibility index (Phi) is 12.6. The van der Waals surface area contributed by atoms with Crippen LogP contribution in [-0.2, 0) is 6.42 Å². The Morgan fingerprint density at radius 2 is 1.67 bits per heavy atom. The number of aromatic nitrogens is 3. The molecule has 6 N–H and O–H groups in total. The van der Waals surface area contributed by atoms with Gasteiger partial charge in [0.1, 0.15) is 5.82 Å². The summed E-state index contributed by atoms with van der Waals surface area (Å²) in [4.78, 5) is 18.1. The summed E-state index contributed by atoms with van der Waals surface area (Å²) in [5, 5.41) is 20.0. The van der Waals surface area contributed by atoms with Crippen LogP contribution in [0.2, 0.25) is 0 Å². The lowest BCUT2D eigenvalue weighted by molar-refractivity contribution is 0.261. The second kappa shape index (κ2) is 17.9. The number of nitrogens with zero attached hydrogens (tertiary/aromatic N) is 5. The van der Waals surface area contributed by atoms with Crippen molar-refractivity contribution in [3.8, 4) is 0 Å². The van der Waals surface area contributed by atoms with Crippen molar-refractivity contribution in [2.75, 3.05) is 75.7 Å². The molecule has 48 heavy (non-hydrogen) atoms. The van der Waals surface area contributed by atoms with Gasteiger partial charge in [0, 0.05) is 74.0 Å². The normalized spacial score (nSPS) is 16.5. The van der Waals surface area contributed by atoms with Gasteiger partial charge >= 0.3 is 0 Å². The van der Waals surface area contributed by atoms with Crippen LogP contribution in [0.3, 0.4) is 0 Å².